The topological polar surface area (TPSA) is 49.3 Å². The quantitative estimate of drug-likeness (QED) is 0.634. The normalized spacial score (nSPS) is 11.3. The van der Waals surface area contributed by atoms with Gasteiger partial charge in [-0.2, -0.15) is 13.2 Å². The molecule has 0 bridgehead atoms. The van der Waals surface area contributed by atoms with Crippen LogP contribution in [0, 0.1) is 5.82 Å². The number of benzene rings is 1. The van der Waals surface area contributed by atoms with Crippen LogP contribution in [0.1, 0.15) is 23.2 Å². The highest BCUT2D eigenvalue weighted by Gasteiger charge is 2.25. The Morgan fingerprint density at radius 2 is 2.00 bits per heavy atom. The first kappa shape index (κ1) is 14.3. The number of rotatable bonds is 5. The van der Waals surface area contributed by atoms with Gasteiger partial charge in [0.2, 0.25) is 0 Å². The summed E-state index contributed by atoms with van der Waals surface area (Å²) in [6.45, 7) is -0.0363. The van der Waals surface area contributed by atoms with Crippen LogP contribution in [-0.4, -0.2) is 23.8 Å². The second-order valence-electron chi connectivity index (χ2n) is 3.64. The van der Waals surface area contributed by atoms with Crippen LogP contribution < -0.4 is 5.32 Å². The SMILES string of the molecule is O=C(O)c1cc(F)ccc1NCCCC(F)(F)F. The number of carboxylic acid groups (broad SMARTS) is 1. The Bertz CT molecular complexity index is 432. The van der Waals surface area contributed by atoms with Crippen LogP contribution in [0.4, 0.5) is 23.2 Å². The van der Waals surface area contributed by atoms with Gasteiger partial charge in [-0.15, -0.1) is 0 Å². The van der Waals surface area contributed by atoms with Crippen molar-refractivity contribution in [2.45, 2.75) is 19.0 Å². The van der Waals surface area contributed by atoms with Gasteiger partial charge in [0.25, 0.3) is 0 Å². The van der Waals surface area contributed by atoms with Crippen molar-refractivity contribution >= 4 is 11.7 Å². The molecule has 0 aromatic heterocycles. The van der Waals surface area contributed by atoms with Gasteiger partial charge < -0.3 is 10.4 Å². The van der Waals surface area contributed by atoms with Crippen LogP contribution in [0.2, 0.25) is 0 Å². The monoisotopic (exact) mass is 265 g/mol. The molecule has 0 aliphatic rings. The first-order chi connectivity index (χ1) is 8.29. The predicted octanol–water partition coefficient (Wildman–Crippen LogP) is 3.28. The Morgan fingerprint density at radius 1 is 1.33 bits per heavy atom. The van der Waals surface area contributed by atoms with Crippen molar-refractivity contribution in [3.05, 3.63) is 29.6 Å². The van der Waals surface area contributed by atoms with E-state index in [4.69, 9.17) is 5.11 Å². The summed E-state index contributed by atoms with van der Waals surface area (Å²) in [5.74, 6) is -2.05. The summed E-state index contributed by atoms with van der Waals surface area (Å²) in [5.41, 5.74) is -0.201. The van der Waals surface area contributed by atoms with Crippen molar-refractivity contribution in [3.63, 3.8) is 0 Å². The van der Waals surface area contributed by atoms with Crippen molar-refractivity contribution in [3.8, 4) is 0 Å². The maximum Gasteiger partial charge on any atom is 0.389 e. The van der Waals surface area contributed by atoms with E-state index >= 15 is 0 Å². The Hall–Kier alpha value is -1.79. The molecule has 1 rings (SSSR count). The maximum absolute atomic E-state index is 12.8. The minimum Gasteiger partial charge on any atom is -0.478 e. The number of alkyl halides is 3. The van der Waals surface area contributed by atoms with Gasteiger partial charge in [0.05, 0.1) is 5.56 Å². The highest BCUT2D eigenvalue weighted by Crippen LogP contribution is 2.22. The Morgan fingerprint density at radius 3 is 2.56 bits per heavy atom. The van der Waals surface area contributed by atoms with E-state index in [1.54, 1.807) is 0 Å². The molecule has 0 saturated heterocycles. The molecule has 0 aliphatic carbocycles. The number of halogens is 4. The molecule has 0 amide bonds. The van der Waals surface area contributed by atoms with Crippen molar-refractivity contribution in [1.29, 1.82) is 0 Å². The minimum absolute atomic E-state index is 0.0363. The van der Waals surface area contributed by atoms with E-state index in [-0.39, 0.29) is 24.2 Å². The first-order valence-electron chi connectivity index (χ1n) is 5.13. The summed E-state index contributed by atoms with van der Waals surface area (Å²) in [4.78, 5) is 10.8. The third-order valence-corrected chi connectivity index (χ3v) is 2.16. The average molecular weight is 265 g/mol. The van der Waals surface area contributed by atoms with Crippen LogP contribution >= 0.6 is 0 Å². The molecule has 0 fully saturated rings. The van der Waals surface area contributed by atoms with E-state index in [9.17, 15) is 22.4 Å². The van der Waals surface area contributed by atoms with Gasteiger partial charge in [0, 0.05) is 18.7 Å². The number of carboxylic acids is 1. The number of carbonyl (C=O) groups is 1. The van der Waals surface area contributed by atoms with Crippen molar-refractivity contribution < 1.29 is 27.5 Å². The fraction of sp³-hybridized carbons (Fsp3) is 0.364. The van der Waals surface area contributed by atoms with Crippen LogP contribution in [0.3, 0.4) is 0 Å². The van der Waals surface area contributed by atoms with Crippen LogP contribution in [0.25, 0.3) is 0 Å². The zero-order chi connectivity index (χ0) is 13.8. The lowest BCUT2D eigenvalue weighted by Gasteiger charge is -2.10. The maximum atomic E-state index is 12.8. The lowest BCUT2D eigenvalue weighted by molar-refractivity contribution is -0.134. The smallest absolute Gasteiger partial charge is 0.389 e. The summed E-state index contributed by atoms with van der Waals surface area (Å²) >= 11 is 0. The largest absolute Gasteiger partial charge is 0.478 e. The number of aromatic carboxylic acids is 1. The van der Waals surface area contributed by atoms with Gasteiger partial charge in [-0.1, -0.05) is 0 Å². The lowest BCUT2D eigenvalue weighted by Crippen LogP contribution is -2.12. The van der Waals surface area contributed by atoms with Crippen LogP contribution in [0.15, 0.2) is 18.2 Å². The average Bonchev–Trinajstić information content (AvgIpc) is 2.24. The van der Waals surface area contributed by atoms with Gasteiger partial charge in [-0.05, 0) is 24.6 Å². The molecular formula is C11H11F4NO2. The summed E-state index contributed by atoms with van der Waals surface area (Å²) < 4.78 is 48.4. The first-order valence-corrected chi connectivity index (χ1v) is 5.13. The Labute approximate surface area is 100 Å². The molecule has 0 unspecified atom stereocenters. The summed E-state index contributed by atoms with van der Waals surface area (Å²) in [7, 11) is 0. The van der Waals surface area contributed by atoms with E-state index in [1.807, 2.05) is 0 Å². The van der Waals surface area contributed by atoms with Gasteiger partial charge in [0.1, 0.15) is 5.82 Å². The van der Waals surface area contributed by atoms with Crippen molar-refractivity contribution in [2.75, 3.05) is 11.9 Å². The van der Waals surface area contributed by atoms with Gasteiger partial charge in [0.15, 0.2) is 0 Å². The highest BCUT2D eigenvalue weighted by atomic mass is 19.4. The van der Waals surface area contributed by atoms with E-state index in [2.05, 4.69) is 5.32 Å². The zero-order valence-corrected chi connectivity index (χ0v) is 9.22. The fourth-order valence-electron chi connectivity index (χ4n) is 1.36. The minimum atomic E-state index is -4.24. The zero-order valence-electron chi connectivity index (χ0n) is 9.22. The lowest BCUT2D eigenvalue weighted by atomic mass is 10.1. The molecule has 7 heteroatoms. The Balaban J connectivity index is 2.59. The second kappa shape index (κ2) is 5.70. The molecule has 1 aromatic rings. The molecule has 100 valence electrons. The van der Waals surface area contributed by atoms with Gasteiger partial charge in [-0.3, -0.25) is 0 Å². The molecular weight excluding hydrogens is 254 g/mol. The number of hydrogen-bond donors (Lipinski definition) is 2. The number of nitrogens with one attached hydrogen (secondary N) is 1. The van der Waals surface area contributed by atoms with Crippen molar-refractivity contribution in [2.24, 2.45) is 0 Å². The molecule has 0 saturated carbocycles. The molecule has 3 nitrogen and oxygen atoms in total. The third-order valence-electron chi connectivity index (χ3n) is 2.16. The molecule has 1 aromatic carbocycles. The fourth-order valence-corrected chi connectivity index (χ4v) is 1.36. The predicted molar refractivity (Wildman–Crippen MR) is 57.1 cm³/mol. The van der Waals surface area contributed by atoms with E-state index in [1.165, 1.54) is 6.07 Å². The highest BCUT2D eigenvalue weighted by molar-refractivity contribution is 5.94. The van der Waals surface area contributed by atoms with E-state index in [0.717, 1.165) is 12.1 Å². The van der Waals surface area contributed by atoms with Crippen molar-refractivity contribution in [1.82, 2.24) is 0 Å². The van der Waals surface area contributed by atoms with Crippen LogP contribution in [0.5, 0.6) is 0 Å². The molecule has 0 aliphatic heterocycles. The van der Waals surface area contributed by atoms with Crippen LogP contribution in [-0.2, 0) is 0 Å². The number of hydrogen-bond acceptors (Lipinski definition) is 2. The molecule has 2 N–H and O–H groups in total. The molecule has 18 heavy (non-hydrogen) atoms. The summed E-state index contributed by atoms with van der Waals surface area (Å²) in [6.07, 6.45) is -5.37. The third kappa shape index (κ3) is 4.60. The van der Waals surface area contributed by atoms with E-state index < -0.39 is 24.4 Å². The molecule has 0 radical (unpaired) electrons. The summed E-state index contributed by atoms with van der Waals surface area (Å²) in [5, 5.41) is 11.3. The van der Waals surface area contributed by atoms with E-state index in [0.29, 0.717) is 0 Å². The number of anilines is 1. The second-order valence-corrected chi connectivity index (χ2v) is 3.64. The van der Waals surface area contributed by atoms with Gasteiger partial charge in [-0.25, -0.2) is 9.18 Å². The summed E-state index contributed by atoms with van der Waals surface area (Å²) in [6, 6.07) is 3.04. The van der Waals surface area contributed by atoms with Gasteiger partial charge >= 0.3 is 12.1 Å². The Kier molecular flexibility index (Phi) is 4.52. The molecule has 0 spiro atoms. The standard InChI is InChI=1S/C11H11F4NO2/c12-7-2-3-9(8(6-7)10(17)18)16-5-1-4-11(13,14)15/h2-3,6,16H,1,4-5H2,(H,17,18). The molecule has 0 heterocycles. The molecule has 0 atom stereocenters.